The number of rotatable bonds is 3. The summed E-state index contributed by atoms with van der Waals surface area (Å²) >= 11 is 2.86. The van der Waals surface area contributed by atoms with Gasteiger partial charge in [0.1, 0.15) is 12.2 Å². The molecule has 0 unspecified atom stereocenters. The normalized spacial score (nSPS) is 32.1. The van der Waals surface area contributed by atoms with E-state index in [2.05, 4.69) is 5.92 Å². The van der Waals surface area contributed by atoms with Crippen LogP contribution in [-0.2, 0) is 22.5 Å². The van der Waals surface area contributed by atoms with Gasteiger partial charge in [0.25, 0.3) is 0 Å². The molecule has 0 amide bonds. The maximum Gasteiger partial charge on any atom is 0.169 e. The molecule has 0 bridgehead atoms. The van der Waals surface area contributed by atoms with E-state index >= 15 is 0 Å². The molecule has 1 aromatic carbocycles. The van der Waals surface area contributed by atoms with E-state index in [4.69, 9.17) is 11.2 Å². The second-order valence-electron chi connectivity index (χ2n) is 7.10. The van der Waals surface area contributed by atoms with Crippen molar-refractivity contribution in [3.8, 4) is 12.3 Å². The molecule has 2 aliphatic rings. The Morgan fingerprint density at radius 3 is 2.61 bits per heavy atom. The number of terminal acetylenes is 1. The summed E-state index contributed by atoms with van der Waals surface area (Å²) in [7, 11) is 0. The molecule has 1 fully saturated rings. The van der Waals surface area contributed by atoms with Crippen LogP contribution in [0.5, 0.6) is 0 Å². The van der Waals surface area contributed by atoms with Gasteiger partial charge in [0.15, 0.2) is 4.93 Å². The third kappa shape index (κ3) is 3.29. The van der Waals surface area contributed by atoms with E-state index in [1.54, 1.807) is 11.3 Å². The zero-order valence-electron chi connectivity index (χ0n) is 15.1. The van der Waals surface area contributed by atoms with Crippen molar-refractivity contribution in [1.82, 2.24) is 0 Å². The Kier molecular flexibility index (Phi) is 5.55. The second kappa shape index (κ2) is 7.81. The van der Waals surface area contributed by atoms with E-state index in [1.807, 2.05) is 30.3 Å². The van der Waals surface area contributed by atoms with Gasteiger partial charge in [-0.3, -0.25) is 0 Å². The summed E-state index contributed by atoms with van der Waals surface area (Å²) < 4.78 is 6.01. The van der Waals surface area contributed by atoms with Crippen molar-refractivity contribution in [3.05, 3.63) is 56.8 Å². The van der Waals surface area contributed by atoms with Crippen molar-refractivity contribution in [2.24, 2.45) is 0 Å². The predicted octanol–water partition coefficient (Wildman–Crippen LogP) is 1.24. The third-order valence-corrected chi connectivity index (χ3v) is 8.19. The number of hydrogen-bond donors (Lipinski definition) is 4. The summed E-state index contributed by atoms with van der Waals surface area (Å²) in [6.45, 7) is 0.101. The third-order valence-electron chi connectivity index (χ3n) is 5.33. The highest BCUT2D eigenvalue weighted by Gasteiger charge is 2.56. The van der Waals surface area contributed by atoms with Crippen LogP contribution in [0.2, 0.25) is 0 Å². The molecule has 28 heavy (non-hydrogen) atoms. The van der Waals surface area contributed by atoms with Crippen LogP contribution in [0.3, 0.4) is 0 Å². The standard InChI is InChI=1S/C21H22O5S2/c1-2-12-3-5-13(6-4-12)9-14-10-15-16(27-14)7-8-26-21(15)20(25)19(24)18(23)17(11-22)28-21/h1,3-6,10,17-20,22-25H,7-9,11H2/t17-,18-,19+,20-,21+/m1/s1. The minimum Gasteiger partial charge on any atom is -0.395 e. The number of aliphatic hydroxyl groups excluding tert-OH is 4. The average molecular weight is 419 g/mol. The van der Waals surface area contributed by atoms with Gasteiger partial charge >= 0.3 is 0 Å². The summed E-state index contributed by atoms with van der Waals surface area (Å²) in [5.41, 5.74) is 2.81. The van der Waals surface area contributed by atoms with E-state index in [-0.39, 0.29) is 6.61 Å². The molecule has 0 radical (unpaired) electrons. The van der Waals surface area contributed by atoms with Gasteiger partial charge in [-0.25, -0.2) is 0 Å². The van der Waals surface area contributed by atoms with Gasteiger partial charge < -0.3 is 25.2 Å². The maximum atomic E-state index is 10.8. The van der Waals surface area contributed by atoms with Crippen molar-refractivity contribution < 1.29 is 25.2 Å². The first-order valence-electron chi connectivity index (χ1n) is 9.13. The van der Waals surface area contributed by atoms with Gasteiger partial charge in [-0.2, -0.15) is 0 Å². The molecule has 0 saturated carbocycles. The fraction of sp³-hybridized carbons (Fsp3) is 0.429. The van der Waals surface area contributed by atoms with E-state index in [9.17, 15) is 20.4 Å². The van der Waals surface area contributed by atoms with Gasteiger partial charge in [0.05, 0.1) is 24.6 Å². The van der Waals surface area contributed by atoms with Crippen LogP contribution in [0.4, 0.5) is 0 Å². The summed E-state index contributed by atoms with van der Waals surface area (Å²) in [6.07, 6.45) is 2.99. The van der Waals surface area contributed by atoms with Gasteiger partial charge in [-0.05, 0) is 23.8 Å². The van der Waals surface area contributed by atoms with Crippen molar-refractivity contribution in [2.45, 2.75) is 41.3 Å². The number of hydrogen-bond acceptors (Lipinski definition) is 7. The molecule has 5 atom stereocenters. The summed E-state index contributed by atoms with van der Waals surface area (Å²) in [4.78, 5) is 1.05. The molecular formula is C21H22O5S2. The minimum absolute atomic E-state index is 0.311. The van der Waals surface area contributed by atoms with E-state index in [0.29, 0.717) is 6.61 Å². The molecule has 2 aromatic rings. The Morgan fingerprint density at radius 1 is 1.18 bits per heavy atom. The zero-order valence-corrected chi connectivity index (χ0v) is 16.7. The quantitative estimate of drug-likeness (QED) is 0.561. The van der Waals surface area contributed by atoms with Crippen molar-refractivity contribution in [2.75, 3.05) is 13.2 Å². The lowest BCUT2D eigenvalue weighted by Gasteiger charge is -2.49. The molecule has 7 heteroatoms. The zero-order chi connectivity index (χ0) is 19.9. The van der Waals surface area contributed by atoms with Crippen LogP contribution < -0.4 is 0 Å². The molecule has 0 aliphatic carbocycles. The lowest BCUT2D eigenvalue weighted by Crippen LogP contribution is -2.60. The summed E-state index contributed by atoms with van der Waals surface area (Å²) in [5, 5.41) is 40.3. The van der Waals surface area contributed by atoms with Crippen LogP contribution >= 0.6 is 23.1 Å². The van der Waals surface area contributed by atoms with Crippen LogP contribution in [0, 0.1) is 12.3 Å². The SMILES string of the molecule is C#Cc1ccc(Cc2cc3c(s2)CCO[C@]32S[C@H](CO)[C@@H](O)[C@H](O)[C@H]2O)cc1. The molecule has 4 N–H and O–H groups in total. The molecule has 1 aromatic heterocycles. The van der Waals surface area contributed by atoms with Crippen LogP contribution in [0.1, 0.15) is 26.4 Å². The number of thiophene rings is 1. The lowest BCUT2D eigenvalue weighted by molar-refractivity contribution is -0.155. The van der Waals surface area contributed by atoms with Crippen molar-refractivity contribution in [1.29, 1.82) is 0 Å². The molecule has 2 aliphatic heterocycles. The smallest absolute Gasteiger partial charge is 0.169 e. The molecule has 5 nitrogen and oxygen atoms in total. The van der Waals surface area contributed by atoms with Crippen LogP contribution in [0.15, 0.2) is 30.3 Å². The van der Waals surface area contributed by atoms with Crippen LogP contribution in [0.25, 0.3) is 0 Å². The largest absolute Gasteiger partial charge is 0.395 e. The minimum atomic E-state index is -1.39. The first kappa shape index (κ1) is 19.9. The summed E-state index contributed by atoms with van der Waals surface area (Å²) in [5.74, 6) is 2.61. The molecule has 1 saturated heterocycles. The Balaban J connectivity index is 1.67. The van der Waals surface area contributed by atoms with Gasteiger partial charge in [0, 0.05) is 33.7 Å². The van der Waals surface area contributed by atoms with Crippen molar-refractivity contribution >= 4 is 23.1 Å². The van der Waals surface area contributed by atoms with Crippen molar-refractivity contribution in [3.63, 3.8) is 0 Å². The first-order valence-corrected chi connectivity index (χ1v) is 10.8. The van der Waals surface area contributed by atoms with E-state index in [0.717, 1.165) is 39.3 Å². The number of aliphatic hydroxyl groups is 4. The maximum absolute atomic E-state index is 10.8. The van der Waals surface area contributed by atoms with E-state index in [1.165, 1.54) is 11.8 Å². The molecular weight excluding hydrogens is 396 g/mol. The lowest BCUT2D eigenvalue weighted by atomic mass is 9.92. The molecule has 1 spiro atoms. The Hall–Kier alpha value is -1.37. The molecule has 4 rings (SSSR count). The fourth-order valence-corrected chi connectivity index (χ4v) is 6.69. The highest BCUT2D eigenvalue weighted by atomic mass is 32.2. The average Bonchev–Trinajstić information content (AvgIpc) is 3.13. The predicted molar refractivity (Wildman–Crippen MR) is 109 cm³/mol. The number of ether oxygens (including phenoxy) is 1. The highest BCUT2D eigenvalue weighted by Crippen LogP contribution is 2.53. The monoisotopic (exact) mass is 418 g/mol. The molecule has 3 heterocycles. The molecule has 148 valence electrons. The number of benzene rings is 1. The number of thioether (sulfide) groups is 1. The first-order chi connectivity index (χ1) is 13.5. The fourth-order valence-electron chi connectivity index (χ4n) is 3.83. The van der Waals surface area contributed by atoms with Crippen LogP contribution in [-0.4, -0.2) is 57.2 Å². The second-order valence-corrected chi connectivity index (χ2v) is 9.77. The van der Waals surface area contributed by atoms with Gasteiger partial charge in [-0.15, -0.1) is 29.5 Å². The topological polar surface area (TPSA) is 90.2 Å². The van der Waals surface area contributed by atoms with Gasteiger partial charge in [-0.1, -0.05) is 18.1 Å². The van der Waals surface area contributed by atoms with Gasteiger partial charge in [0.2, 0.25) is 0 Å². The Morgan fingerprint density at radius 2 is 1.93 bits per heavy atom. The highest BCUT2D eigenvalue weighted by molar-refractivity contribution is 8.00. The summed E-state index contributed by atoms with van der Waals surface area (Å²) in [6, 6.07) is 9.86. The number of fused-ring (bicyclic) bond motifs is 2. The van der Waals surface area contributed by atoms with E-state index < -0.39 is 28.5 Å². The Bertz CT molecular complexity index is 885. The Labute approximate surface area is 172 Å².